The fourth-order valence-electron chi connectivity index (χ4n) is 3.24. The summed E-state index contributed by atoms with van der Waals surface area (Å²) in [5.74, 6) is 0.917. The van der Waals surface area contributed by atoms with E-state index in [2.05, 4.69) is 22.3 Å². The van der Waals surface area contributed by atoms with Crippen molar-refractivity contribution < 1.29 is 9.90 Å². The van der Waals surface area contributed by atoms with Crippen LogP contribution in [0.4, 0.5) is 0 Å². The summed E-state index contributed by atoms with van der Waals surface area (Å²) in [5, 5.41) is 12.5. The van der Waals surface area contributed by atoms with Crippen LogP contribution in [0.2, 0.25) is 0 Å². The largest absolute Gasteiger partial charge is 0.508 e. The van der Waals surface area contributed by atoms with Crippen LogP contribution in [0.1, 0.15) is 23.5 Å². The Balaban J connectivity index is 1.52. The Morgan fingerprint density at radius 2 is 1.84 bits per heavy atom. The molecular formula is C21H26N2O2. The second-order valence-electron chi connectivity index (χ2n) is 7.09. The number of hydrogen-bond donors (Lipinski definition) is 2. The zero-order chi connectivity index (χ0) is 17.8. The number of benzene rings is 2. The number of carbonyl (C=O) groups excluding carboxylic acids is 1. The minimum atomic E-state index is 0.110. The highest BCUT2D eigenvalue weighted by molar-refractivity contribution is 5.82. The Labute approximate surface area is 149 Å². The molecular weight excluding hydrogens is 312 g/mol. The van der Waals surface area contributed by atoms with E-state index >= 15 is 0 Å². The Morgan fingerprint density at radius 3 is 2.48 bits per heavy atom. The van der Waals surface area contributed by atoms with E-state index < -0.39 is 0 Å². The molecule has 3 rings (SSSR count). The SMILES string of the molecule is CN(C)[C@H](CNC(=O)[C@@H]1C[C@@H]1c1ccccc1)Cc1ccc(O)cc1. The van der Waals surface area contributed by atoms with Gasteiger partial charge in [0.05, 0.1) is 0 Å². The van der Waals surface area contributed by atoms with Gasteiger partial charge in [0.25, 0.3) is 0 Å². The van der Waals surface area contributed by atoms with E-state index in [4.69, 9.17) is 0 Å². The van der Waals surface area contributed by atoms with Crippen LogP contribution in [0.15, 0.2) is 54.6 Å². The molecule has 0 radical (unpaired) electrons. The second-order valence-corrected chi connectivity index (χ2v) is 7.09. The molecule has 1 saturated carbocycles. The van der Waals surface area contributed by atoms with Crippen LogP contribution in [-0.4, -0.2) is 42.6 Å². The standard InChI is InChI=1S/C21H26N2O2/c1-23(2)17(12-15-8-10-18(24)11-9-15)14-22-21(25)20-13-19(20)16-6-4-3-5-7-16/h3-11,17,19-20,24H,12-14H2,1-2H3,(H,22,25)/t17-,19+,20+/m0/s1. The van der Waals surface area contributed by atoms with Gasteiger partial charge < -0.3 is 15.3 Å². The zero-order valence-electron chi connectivity index (χ0n) is 14.9. The van der Waals surface area contributed by atoms with Gasteiger partial charge in [-0.05, 0) is 56.1 Å². The van der Waals surface area contributed by atoms with E-state index in [1.165, 1.54) is 5.56 Å². The normalized spacial score (nSPS) is 20.3. The van der Waals surface area contributed by atoms with E-state index in [0.717, 1.165) is 18.4 Å². The predicted octanol–water partition coefficient (Wildman–Crippen LogP) is 2.78. The van der Waals surface area contributed by atoms with Gasteiger partial charge in [0, 0.05) is 18.5 Å². The van der Waals surface area contributed by atoms with Gasteiger partial charge in [-0.15, -0.1) is 0 Å². The minimum Gasteiger partial charge on any atom is -0.508 e. The lowest BCUT2D eigenvalue weighted by molar-refractivity contribution is -0.122. The van der Waals surface area contributed by atoms with Gasteiger partial charge in [-0.3, -0.25) is 4.79 Å². The summed E-state index contributed by atoms with van der Waals surface area (Å²) in [5.41, 5.74) is 2.41. The summed E-state index contributed by atoms with van der Waals surface area (Å²) < 4.78 is 0. The molecule has 0 heterocycles. The van der Waals surface area contributed by atoms with Crippen molar-refractivity contribution in [2.45, 2.75) is 24.8 Å². The maximum Gasteiger partial charge on any atom is 0.223 e. The summed E-state index contributed by atoms with van der Waals surface area (Å²) in [7, 11) is 4.06. The lowest BCUT2D eigenvalue weighted by Gasteiger charge is -2.25. The van der Waals surface area contributed by atoms with E-state index in [1.54, 1.807) is 12.1 Å². The summed E-state index contributed by atoms with van der Waals surface area (Å²) in [6.45, 7) is 0.630. The highest BCUT2D eigenvalue weighted by atomic mass is 16.3. The summed E-state index contributed by atoms with van der Waals surface area (Å²) in [6.07, 6.45) is 1.78. The molecule has 1 amide bonds. The van der Waals surface area contributed by atoms with Crippen LogP contribution in [-0.2, 0) is 11.2 Å². The number of nitrogens with zero attached hydrogens (tertiary/aromatic N) is 1. The van der Waals surface area contributed by atoms with Gasteiger partial charge in [0.2, 0.25) is 5.91 Å². The summed E-state index contributed by atoms with van der Waals surface area (Å²) in [4.78, 5) is 14.6. The van der Waals surface area contributed by atoms with Crippen LogP contribution in [0.25, 0.3) is 0 Å². The van der Waals surface area contributed by atoms with Gasteiger partial charge >= 0.3 is 0 Å². The third-order valence-corrected chi connectivity index (χ3v) is 5.00. The lowest BCUT2D eigenvalue weighted by Crippen LogP contribution is -2.42. The monoisotopic (exact) mass is 338 g/mol. The van der Waals surface area contributed by atoms with Gasteiger partial charge in [0.1, 0.15) is 5.75 Å². The van der Waals surface area contributed by atoms with E-state index in [9.17, 15) is 9.90 Å². The number of phenols is 1. The van der Waals surface area contributed by atoms with Crippen LogP contribution in [0, 0.1) is 5.92 Å². The Hall–Kier alpha value is -2.33. The number of amides is 1. The van der Waals surface area contributed by atoms with E-state index in [0.29, 0.717) is 12.5 Å². The van der Waals surface area contributed by atoms with Crippen LogP contribution >= 0.6 is 0 Å². The quantitative estimate of drug-likeness (QED) is 0.816. The number of hydrogen-bond acceptors (Lipinski definition) is 3. The topological polar surface area (TPSA) is 52.6 Å². The molecule has 0 unspecified atom stereocenters. The maximum absolute atomic E-state index is 12.5. The Bertz CT molecular complexity index is 698. The van der Waals surface area contributed by atoms with Crippen molar-refractivity contribution in [2.24, 2.45) is 5.92 Å². The van der Waals surface area contributed by atoms with Crippen molar-refractivity contribution in [1.82, 2.24) is 10.2 Å². The molecule has 4 nitrogen and oxygen atoms in total. The molecule has 4 heteroatoms. The van der Waals surface area contributed by atoms with Crippen molar-refractivity contribution in [2.75, 3.05) is 20.6 Å². The Morgan fingerprint density at radius 1 is 1.16 bits per heavy atom. The number of phenolic OH excluding ortho intramolecular Hbond substituents is 1. The molecule has 2 aromatic rings. The smallest absolute Gasteiger partial charge is 0.223 e. The van der Waals surface area contributed by atoms with Crippen molar-refractivity contribution in [3.63, 3.8) is 0 Å². The second kappa shape index (κ2) is 7.70. The van der Waals surface area contributed by atoms with Gasteiger partial charge in [-0.1, -0.05) is 42.5 Å². The predicted molar refractivity (Wildman–Crippen MR) is 99.6 cm³/mol. The van der Waals surface area contributed by atoms with Crippen molar-refractivity contribution >= 4 is 5.91 Å². The van der Waals surface area contributed by atoms with Gasteiger partial charge in [-0.25, -0.2) is 0 Å². The molecule has 0 bridgehead atoms. The molecule has 2 N–H and O–H groups in total. The third kappa shape index (κ3) is 4.60. The highest BCUT2D eigenvalue weighted by Crippen LogP contribution is 2.47. The summed E-state index contributed by atoms with van der Waals surface area (Å²) in [6, 6.07) is 17.8. The molecule has 3 atom stereocenters. The van der Waals surface area contributed by atoms with Crippen LogP contribution < -0.4 is 5.32 Å². The van der Waals surface area contributed by atoms with Crippen molar-refractivity contribution in [3.8, 4) is 5.75 Å². The average Bonchev–Trinajstić information content (AvgIpc) is 3.41. The molecule has 2 aromatic carbocycles. The van der Waals surface area contributed by atoms with Crippen LogP contribution in [0.3, 0.4) is 0 Å². The molecule has 0 aromatic heterocycles. The summed E-state index contributed by atoms with van der Waals surface area (Å²) >= 11 is 0. The lowest BCUT2D eigenvalue weighted by atomic mass is 10.0. The molecule has 1 fully saturated rings. The molecule has 1 aliphatic carbocycles. The molecule has 0 saturated heterocycles. The number of nitrogens with one attached hydrogen (secondary N) is 1. The first-order chi connectivity index (χ1) is 12.0. The molecule has 132 valence electrons. The highest BCUT2D eigenvalue weighted by Gasteiger charge is 2.43. The number of carbonyl (C=O) groups is 1. The molecule has 1 aliphatic rings. The minimum absolute atomic E-state index is 0.110. The van der Waals surface area contributed by atoms with Gasteiger partial charge in [-0.2, -0.15) is 0 Å². The number of likely N-dealkylation sites (N-methyl/N-ethyl adjacent to an activating group) is 1. The van der Waals surface area contributed by atoms with Crippen LogP contribution in [0.5, 0.6) is 5.75 Å². The first-order valence-electron chi connectivity index (χ1n) is 8.81. The molecule has 0 spiro atoms. The average molecular weight is 338 g/mol. The van der Waals surface area contributed by atoms with E-state index in [-0.39, 0.29) is 23.6 Å². The molecule has 0 aliphatic heterocycles. The fourth-order valence-corrected chi connectivity index (χ4v) is 3.24. The first kappa shape index (κ1) is 17.5. The van der Waals surface area contributed by atoms with Gasteiger partial charge in [0.15, 0.2) is 0 Å². The van der Waals surface area contributed by atoms with E-state index in [1.807, 2.05) is 44.4 Å². The maximum atomic E-state index is 12.5. The third-order valence-electron chi connectivity index (χ3n) is 5.00. The number of aromatic hydroxyl groups is 1. The van der Waals surface area contributed by atoms with Crippen molar-refractivity contribution in [3.05, 3.63) is 65.7 Å². The Kier molecular flexibility index (Phi) is 5.39. The number of rotatable bonds is 7. The first-order valence-corrected chi connectivity index (χ1v) is 8.81. The fraction of sp³-hybridized carbons (Fsp3) is 0.381. The van der Waals surface area contributed by atoms with Crippen molar-refractivity contribution in [1.29, 1.82) is 0 Å². The molecule has 25 heavy (non-hydrogen) atoms. The zero-order valence-corrected chi connectivity index (χ0v) is 14.9.